The lowest BCUT2D eigenvalue weighted by Crippen LogP contribution is -2.28. The summed E-state index contributed by atoms with van der Waals surface area (Å²) in [5.41, 5.74) is 1.64. The minimum absolute atomic E-state index is 0.105. The van der Waals surface area contributed by atoms with Crippen LogP contribution < -0.4 is 19.7 Å². The van der Waals surface area contributed by atoms with Crippen molar-refractivity contribution in [1.82, 2.24) is 10.3 Å². The Bertz CT molecular complexity index is 882. The summed E-state index contributed by atoms with van der Waals surface area (Å²) in [7, 11) is 0. The van der Waals surface area contributed by atoms with Gasteiger partial charge < -0.3 is 14.8 Å². The second-order valence-corrected chi connectivity index (χ2v) is 7.83. The van der Waals surface area contributed by atoms with Crippen LogP contribution in [0.5, 0.6) is 11.5 Å². The smallest absolute Gasteiger partial charge is 0.228 e. The van der Waals surface area contributed by atoms with Crippen molar-refractivity contribution < 1.29 is 19.1 Å². The minimum atomic E-state index is -0.164. The van der Waals surface area contributed by atoms with Crippen LogP contribution in [0, 0.1) is 0 Å². The standard InChI is InChI=1S/C20H23N3O4S/c1-13(14-5-6-16-17(10-14)27-9-3-8-26-16)21-18(24)11-15-12-28-20(22-15)23-7-2-4-19(23)25/h5-6,10,12-13H,2-4,7-9,11H2,1H3,(H,21,24). The molecule has 0 bridgehead atoms. The Morgan fingerprint density at radius 1 is 1.29 bits per heavy atom. The van der Waals surface area contributed by atoms with E-state index in [-0.39, 0.29) is 24.3 Å². The van der Waals surface area contributed by atoms with Gasteiger partial charge in [-0.25, -0.2) is 4.98 Å². The molecule has 2 aliphatic rings. The van der Waals surface area contributed by atoms with Crippen LogP contribution in [0.3, 0.4) is 0 Å². The molecule has 0 saturated carbocycles. The van der Waals surface area contributed by atoms with Gasteiger partial charge in [0.25, 0.3) is 0 Å². The molecule has 7 nitrogen and oxygen atoms in total. The quantitative estimate of drug-likeness (QED) is 0.833. The van der Waals surface area contributed by atoms with E-state index in [9.17, 15) is 9.59 Å². The fraction of sp³-hybridized carbons (Fsp3) is 0.450. The van der Waals surface area contributed by atoms with Gasteiger partial charge in [-0.05, 0) is 31.0 Å². The number of amides is 2. The summed E-state index contributed by atoms with van der Waals surface area (Å²) >= 11 is 1.41. The first-order valence-corrected chi connectivity index (χ1v) is 10.4. The first kappa shape index (κ1) is 18.7. The second-order valence-electron chi connectivity index (χ2n) is 6.99. The van der Waals surface area contributed by atoms with Gasteiger partial charge >= 0.3 is 0 Å². The lowest BCUT2D eigenvalue weighted by molar-refractivity contribution is -0.121. The monoisotopic (exact) mass is 401 g/mol. The van der Waals surface area contributed by atoms with Crippen molar-refractivity contribution in [1.29, 1.82) is 0 Å². The lowest BCUT2D eigenvalue weighted by atomic mass is 10.1. The molecule has 3 heterocycles. The summed E-state index contributed by atoms with van der Waals surface area (Å²) < 4.78 is 11.4. The molecule has 0 aliphatic carbocycles. The Morgan fingerprint density at radius 3 is 2.89 bits per heavy atom. The van der Waals surface area contributed by atoms with Crippen LogP contribution in [-0.4, -0.2) is 36.6 Å². The highest BCUT2D eigenvalue weighted by atomic mass is 32.1. The first-order valence-electron chi connectivity index (χ1n) is 9.54. The van der Waals surface area contributed by atoms with Crippen molar-refractivity contribution >= 4 is 28.3 Å². The molecule has 28 heavy (non-hydrogen) atoms. The van der Waals surface area contributed by atoms with E-state index in [1.54, 1.807) is 4.90 Å². The van der Waals surface area contributed by atoms with Crippen LogP contribution in [0.1, 0.15) is 43.5 Å². The summed E-state index contributed by atoms with van der Waals surface area (Å²) in [6.07, 6.45) is 2.48. The third-order valence-corrected chi connectivity index (χ3v) is 5.75. The van der Waals surface area contributed by atoms with Gasteiger partial charge in [0, 0.05) is 24.8 Å². The zero-order valence-corrected chi connectivity index (χ0v) is 16.6. The van der Waals surface area contributed by atoms with Crippen LogP contribution >= 0.6 is 11.3 Å². The molecule has 1 saturated heterocycles. The normalized spacial score (nSPS) is 17.3. The molecule has 148 valence electrons. The summed E-state index contributed by atoms with van der Waals surface area (Å²) in [5, 5.41) is 5.53. The Kier molecular flexibility index (Phi) is 5.47. The average Bonchev–Trinajstić information content (AvgIpc) is 3.23. The van der Waals surface area contributed by atoms with E-state index >= 15 is 0 Å². The van der Waals surface area contributed by atoms with E-state index in [0.29, 0.717) is 37.0 Å². The van der Waals surface area contributed by atoms with E-state index in [1.165, 1.54) is 11.3 Å². The van der Waals surface area contributed by atoms with Gasteiger partial charge in [0.1, 0.15) is 0 Å². The van der Waals surface area contributed by atoms with Gasteiger partial charge in [-0.15, -0.1) is 11.3 Å². The molecule has 1 aromatic carbocycles. The van der Waals surface area contributed by atoms with Crippen LogP contribution in [0.2, 0.25) is 0 Å². The van der Waals surface area contributed by atoms with Crippen LogP contribution in [0.25, 0.3) is 0 Å². The Labute approximate surface area is 167 Å². The van der Waals surface area contributed by atoms with Crippen LogP contribution in [-0.2, 0) is 16.0 Å². The number of hydrogen-bond donors (Lipinski definition) is 1. The van der Waals surface area contributed by atoms with Crippen molar-refractivity contribution in [2.45, 2.75) is 38.6 Å². The van der Waals surface area contributed by atoms with Gasteiger partial charge in [-0.2, -0.15) is 0 Å². The van der Waals surface area contributed by atoms with Gasteiger partial charge in [-0.3, -0.25) is 14.5 Å². The maximum atomic E-state index is 12.5. The minimum Gasteiger partial charge on any atom is -0.490 e. The number of hydrogen-bond acceptors (Lipinski definition) is 6. The second kappa shape index (κ2) is 8.18. The van der Waals surface area contributed by atoms with Crippen LogP contribution in [0.4, 0.5) is 5.13 Å². The highest BCUT2D eigenvalue weighted by Crippen LogP contribution is 2.32. The van der Waals surface area contributed by atoms with Gasteiger partial charge in [0.2, 0.25) is 11.8 Å². The zero-order chi connectivity index (χ0) is 19.5. The predicted octanol–water partition coefficient (Wildman–Crippen LogP) is 2.85. The third kappa shape index (κ3) is 4.11. The molecule has 1 unspecified atom stereocenters. The van der Waals surface area contributed by atoms with Crippen LogP contribution in [0.15, 0.2) is 23.6 Å². The number of nitrogens with zero attached hydrogens (tertiary/aromatic N) is 2. The number of fused-ring (bicyclic) bond motifs is 1. The molecule has 0 spiro atoms. The maximum absolute atomic E-state index is 12.5. The largest absolute Gasteiger partial charge is 0.490 e. The van der Waals surface area contributed by atoms with E-state index in [2.05, 4.69) is 10.3 Å². The van der Waals surface area contributed by atoms with Crippen molar-refractivity contribution in [3.63, 3.8) is 0 Å². The molecule has 0 radical (unpaired) electrons. The summed E-state index contributed by atoms with van der Waals surface area (Å²) in [6.45, 7) is 3.92. The zero-order valence-electron chi connectivity index (χ0n) is 15.8. The molecular formula is C20H23N3O4S. The molecule has 2 amide bonds. The summed E-state index contributed by atoms with van der Waals surface area (Å²) in [5.74, 6) is 1.46. The van der Waals surface area contributed by atoms with E-state index < -0.39 is 0 Å². The van der Waals surface area contributed by atoms with Gasteiger partial charge in [-0.1, -0.05) is 6.07 Å². The molecular weight excluding hydrogens is 378 g/mol. The van der Waals surface area contributed by atoms with Crippen molar-refractivity contribution in [3.8, 4) is 11.5 Å². The SMILES string of the molecule is CC(NC(=O)Cc1csc(N2CCCC2=O)n1)c1ccc2c(c1)OCCCO2. The van der Waals surface area contributed by atoms with E-state index in [0.717, 1.165) is 29.9 Å². The average molecular weight is 401 g/mol. The molecule has 8 heteroatoms. The molecule has 4 rings (SSSR count). The highest BCUT2D eigenvalue weighted by molar-refractivity contribution is 7.14. The lowest BCUT2D eigenvalue weighted by Gasteiger charge is -2.16. The van der Waals surface area contributed by atoms with Crippen molar-refractivity contribution in [2.75, 3.05) is 24.7 Å². The van der Waals surface area contributed by atoms with Gasteiger partial charge in [0.15, 0.2) is 16.6 Å². The maximum Gasteiger partial charge on any atom is 0.228 e. The molecule has 1 fully saturated rings. The Balaban J connectivity index is 1.36. The Hall–Kier alpha value is -2.61. The first-order chi connectivity index (χ1) is 13.6. The number of anilines is 1. The van der Waals surface area contributed by atoms with Crippen molar-refractivity contribution in [2.24, 2.45) is 0 Å². The van der Waals surface area contributed by atoms with E-state index in [4.69, 9.17) is 9.47 Å². The summed E-state index contributed by atoms with van der Waals surface area (Å²) in [6, 6.07) is 5.59. The third-order valence-electron chi connectivity index (χ3n) is 4.83. The fourth-order valence-corrected chi connectivity index (χ4v) is 4.21. The molecule has 1 atom stereocenters. The number of nitrogens with one attached hydrogen (secondary N) is 1. The fourth-order valence-electron chi connectivity index (χ4n) is 3.34. The number of aromatic nitrogens is 1. The molecule has 2 aromatic rings. The Morgan fingerprint density at radius 2 is 2.11 bits per heavy atom. The predicted molar refractivity (Wildman–Crippen MR) is 106 cm³/mol. The molecule has 1 N–H and O–H groups in total. The van der Waals surface area contributed by atoms with E-state index in [1.807, 2.05) is 30.5 Å². The van der Waals surface area contributed by atoms with Crippen molar-refractivity contribution in [3.05, 3.63) is 34.8 Å². The summed E-state index contributed by atoms with van der Waals surface area (Å²) in [4.78, 5) is 30.4. The number of carbonyl (C=O) groups is 2. The highest BCUT2D eigenvalue weighted by Gasteiger charge is 2.24. The number of carbonyl (C=O) groups excluding carboxylic acids is 2. The topological polar surface area (TPSA) is 80.8 Å². The number of rotatable bonds is 5. The number of ether oxygens (including phenoxy) is 2. The number of benzene rings is 1. The number of thiazole rings is 1. The van der Waals surface area contributed by atoms with Gasteiger partial charge in [0.05, 0.1) is 31.4 Å². The molecule has 1 aromatic heterocycles. The molecule has 2 aliphatic heterocycles.